The minimum Gasteiger partial charge on any atom is -0.454 e. The number of nitrogens with zero attached hydrogens (tertiary/aromatic N) is 1. The van der Waals surface area contributed by atoms with Crippen LogP contribution in [0.1, 0.15) is 28.4 Å². The van der Waals surface area contributed by atoms with Gasteiger partial charge in [0.15, 0.2) is 11.5 Å². The highest BCUT2D eigenvalue weighted by Gasteiger charge is 2.18. The maximum atomic E-state index is 12.1. The minimum absolute atomic E-state index is 0.00646. The first-order chi connectivity index (χ1) is 12.5. The molecule has 1 atom stereocenters. The number of aliphatic hydroxyl groups excluding tert-OH is 1. The van der Waals surface area contributed by atoms with E-state index in [-0.39, 0.29) is 36.0 Å². The molecule has 3 rings (SSSR count). The van der Waals surface area contributed by atoms with Crippen LogP contribution < -0.4 is 14.8 Å². The van der Waals surface area contributed by atoms with E-state index in [4.69, 9.17) is 21.1 Å². The van der Waals surface area contributed by atoms with Crippen LogP contribution in [0.3, 0.4) is 0 Å². The standard InChI is InChI=1S/C17H15ClN2O6/c18-13-8-11(20(23)24)2-3-12(13)17(22)19-6-5-14(21)10-1-4-15-16(7-10)26-9-25-15/h1-4,7-8,14,21H,5-6,9H2,(H,19,22). The molecule has 26 heavy (non-hydrogen) atoms. The van der Waals surface area contributed by atoms with Gasteiger partial charge in [0.2, 0.25) is 6.79 Å². The van der Waals surface area contributed by atoms with E-state index in [9.17, 15) is 20.0 Å². The van der Waals surface area contributed by atoms with Crippen LogP contribution in [0.2, 0.25) is 5.02 Å². The number of nitrogens with one attached hydrogen (secondary N) is 1. The average molecular weight is 379 g/mol. The number of ether oxygens (including phenoxy) is 2. The van der Waals surface area contributed by atoms with Gasteiger partial charge < -0.3 is 19.9 Å². The third kappa shape index (κ3) is 3.87. The fraction of sp³-hybridized carbons (Fsp3) is 0.235. The normalized spacial score (nSPS) is 13.3. The molecule has 1 amide bonds. The van der Waals surface area contributed by atoms with Crippen LogP contribution >= 0.6 is 11.6 Å². The number of nitro benzene ring substituents is 1. The summed E-state index contributed by atoms with van der Waals surface area (Å²) in [6.07, 6.45) is -0.521. The number of halogens is 1. The van der Waals surface area contributed by atoms with Crippen molar-refractivity contribution in [1.29, 1.82) is 0 Å². The van der Waals surface area contributed by atoms with Crippen LogP contribution in [0.15, 0.2) is 36.4 Å². The monoisotopic (exact) mass is 378 g/mol. The molecule has 2 aromatic rings. The number of rotatable bonds is 6. The number of carbonyl (C=O) groups excluding carboxylic acids is 1. The maximum Gasteiger partial charge on any atom is 0.270 e. The Kier molecular flexibility index (Phi) is 5.24. The topological polar surface area (TPSA) is 111 Å². The van der Waals surface area contributed by atoms with Gasteiger partial charge in [-0.15, -0.1) is 0 Å². The van der Waals surface area contributed by atoms with Crippen LogP contribution in [0.25, 0.3) is 0 Å². The lowest BCUT2D eigenvalue weighted by atomic mass is 10.1. The highest BCUT2D eigenvalue weighted by molar-refractivity contribution is 6.34. The molecule has 0 saturated heterocycles. The predicted octanol–water partition coefficient (Wildman–Crippen LogP) is 2.83. The van der Waals surface area contributed by atoms with Crippen LogP contribution in [-0.2, 0) is 0 Å². The average Bonchev–Trinajstić information content (AvgIpc) is 3.08. The Morgan fingerprint density at radius 3 is 2.77 bits per heavy atom. The fourth-order valence-electron chi connectivity index (χ4n) is 2.51. The van der Waals surface area contributed by atoms with E-state index in [1.165, 1.54) is 12.1 Å². The van der Waals surface area contributed by atoms with Gasteiger partial charge >= 0.3 is 0 Å². The van der Waals surface area contributed by atoms with Gasteiger partial charge in [0.1, 0.15) is 0 Å². The van der Waals surface area contributed by atoms with E-state index in [2.05, 4.69) is 5.32 Å². The summed E-state index contributed by atoms with van der Waals surface area (Å²) >= 11 is 5.92. The lowest BCUT2D eigenvalue weighted by Crippen LogP contribution is -2.26. The van der Waals surface area contributed by atoms with Gasteiger partial charge in [0.05, 0.1) is 21.6 Å². The molecule has 1 unspecified atom stereocenters. The van der Waals surface area contributed by atoms with Gasteiger partial charge in [-0.3, -0.25) is 14.9 Å². The molecule has 2 aromatic carbocycles. The van der Waals surface area contributed by atoms with Gasteiger partial charge in [-0.2, -0.15) is 0 Å². The van der Waals surface area contributed by atoms with Crippen LogP contribution in [0.5, 0.6) is 11.5 Å². The Hall–Kier alpha value is -2.84. The number of nitro groups is 1. The Morgan fingerprint density at radius 2 is 2.04 bits per heavy atom. The highest BCUT2D eigenvalue weighted by atomic mass is 35.5. The van der Waals surface area contributed by atoms with Crippen LogP contribution in [0.4, 0.5) is 5.69 Å². The lowest BCUT2D eigenvalue weighted by molar-refractivity contribution is -0.384. The van der Waals surface area contributed by atoms with Crippen molar-refractivity contribution in [2.75, 3.05) is 13.3 Å². The zero-order chi connectivity index (χ0) is 18.7. The lowest BCUT2D eigenvalue weighted by Gasteiger charge is -2.12. The molecule has 0 saturated carbocycles. The summed E-state index contributed by atoms with van der Waals surface area (Å²) in [4.78, 5) is 22.2. The molecule has 0 radical (unpaired) electrons. The van der Waals surface area contributed by atoms with E-state index in [1.807, 2.05) is 0 Å². The van der Waals surface area contributed by atoms with Crippen molar-refractivity contribution in [2.45, 2.75) is 12.5 Å². The Morgan fingerprint density at radius 1 is 1.27 bits per heavy atom. The van der Waals surface area contributed by atoms with E-state index in [1.54, 1.807) is 18.2 Å². The largest absolute Gasteiger partial charge is 0.454 e. The number of hydrogen-bond acceptors (Lipinski definition) is 6. The van der Waals surface area contributed by atoms with Gasteiger partial charge in [-0.05, 0) is 30.2 Å². The Balaban J connectivity index is 1.56. The first kappa shape index (κ1) is 18.0. The molecule has 0 aliphatic carbocycles. The SMILES string of the molecule is O=C(NCCC(O)c1ccc2c(c1)OCO2)c1ccc([N+](=O)[O-])cc1Cl. The third-order valence-corrected chi connectivity index (χ3v) is 4.21. The van der Waals surface area contributed by atoms with Gasteiger partial charge in [0.25, 0.3) is 11.6 Å². The summed E-state index contributed by atoms with van der Waals surface area (Å²) in [7, 11) is 0. The minimum atomic E-state index is -0.794. The van der Waals surface area contributed by atoms with Gasteiger partial charge in [0, 0.05) is 18.7 Å². The molecule has 1 aliphatic rings. The number of non-ortho nitro benzene ring substituents is 1. The maximum absolute atomic E-state index is 12.1. The van der Waals surface area contributed by atoms with Crippen molar-refractivity contribution in [3.8, 4) is 11.5 Å². The molecule has 8 nitrogen and oxygen atoms in total. The van der Waals surface area contributed by atoms with Crippen molar-refractivity contribution in [3.05, 3.63) is 62.7 Å². The summed E-state index contributed by atoms with van der Waals surface area (Å²) in [6, 6.07) is 8.77. The number of benzene rings is 2. The fourth-order valence-corrected chi connectivity index (χ4v) is 2.77. The van der Waals surface area contributed by atoms with E-state index in [0.29, 0.717) is 17.1 Å². The summed E-state index contributed by atoms with van der Waals surface area (Å²) in [5.74, 6) is 0.730. The number of hydrogen-bond donors (Lipinski definition) is 2. The molecule has 9 heteroatoms. The quantitative estimate of drug-likeness (QED) is 0.590. The second-order valence-corrected chi connectivity index (χ2v) is 6.00. The highest BCUT2D eigenvalue weighted by Crippen LogP contribution is 2.34. The summed E-state index contributed by atoms with van der Waals surface area (Å²) in [5.41, 5.74) is 0.594. The van der Waals surface area contributed by atoms with E-state index < -0.39 is 16.9 Å². The van der Waals surface area contributed by atoms with Crippen molar-refractivity contribution in [2.24, 2.45) is 0 Å². The van der Waals surface area contributed by atoms with Gasteiger partial charge in [-0.25, -0.2) is 0 Å². The molecule has 1 heterocycles. The first-order valence-electron chi connectivity index (χ1n) is 7.75. The van der Waals surface area contributed by atoms with Crippen LogP contribution in [-0.4, -0.2) is 29.3 Å². The zero-order valence-electron chi connectivity index (χ0n) is 13.5. The molecule has 0 bridgehead atoms. The first-order valence-corrected chi connectivity index (χ1v) is 8.13. The molecular weight excluding hydrogens is 364 g/mol. The predicted molar refractivity (Wildman–Crippen MR) is 92.6 cm³/mol. The summed E-state index contributed by atoms with van der Waals surface area (Å²) < 4.78 is 10.5. The van der Waals surface area contributed by atoms with Crippen molar-refractivity contribution in [3.63, 3.8) is 0 Å². The molecule has 136 valence electrons. The summed E-state index contributed by atoms with van der Waals surface area (Å²) in [6.45, 7) is 0.350. The van der Waals surface area contributed by atoms with Crippen molar-refractivity contribution >= 4 is 23.2 Å². The van der Waals surface area contributed by atoms with Crippen molar-refractivity contribution in [1.82, 2.24) is 5.32 Å². The molecule has 2 N–H and O–H groups in total. The van der Waals surface area contributed by atoms with Crippen LogP contribution in [0, 0.1) is 10.1 Å². The molecule has 0 aromatic heterocycles. The number of amides is 1. The number of aliphatic hydroxyl groups is 1. The third-order valence-electron chi connectivity index (χ3n) is 3.89. The molecule has 0 spiro atoms. The summed E-state index contributed by atoms with van der Waals surface area (Å²) in [5, 5.41) is 23.6. The van der Waals surface area contributed by atoms with E-state index in [0.717, 1.165) is 6.07 Å². The second kappa shape index (κ2) is 7.59. The molecular formula is C17H15ClN2O6. The Bertz CT molecular complexity index is 857. The van der Waals surface area contributed by atoms with Gasteiger partial charge in [-0.1, -0.05) is 17.7 Å². The number of fused-ring (bicyclic) bond motifs is 1. The Labute approximate surface area is 153 Å². The number of carbonyl (C=O) groups is 1. The smallest absolute Gasteiger partial charge is 0.270 e. The molecule has 1 aliphatic heterocycles. The second-order valence-electron chi connectivity index (χ2n) is 5.59. The molecule has 0 fully saturated rings. The zero-order valence-corrected chi connectivity index (χ0v) is 14.2. The van der Waals surface area contributed by atoms with Crippen molar-refractivity contribution < 1.29 is 24.3 Å². The van der Waals surface area contributed by atoms with E-state index >= 15 is 0 Å².